The minimum atomic E-state index is -1.28. The molecule has 12 nitrogen and oxygen atoms in total. The zero-order chi connectivity index (χ0) is 26.5. The molecule has 2 saturated heterocycles. The number of benzene rings is 2. The van der Waals surface area contributed by atoms with Crippen LogP contribution in [-0.4, -0.2) is 74.5 Å². The fourth-order valence-corrected chi connectivity index (χ4v) is 6.53. The van der Waals surface area contributed by atoms with Crippen LogP contribution in [0.15, 0.2) is 48.5 Å². The molecule has 2 unspecified atom stereocenters. The lowest BCUT2D eigenvalue weighted by Crippen LogP contribution is -2.71. The number of hydrogen-bond acceptors (Lipinski definition) is 10. The number of fused-ring (bicyclic) bond motifs is 2. The van der Waals surface area contributed by atoms with Crippen LogP contribution >= 0.6 is 11.8 Å². The molecule has 0 radical (unpaired) electrons. The van der Waals surface area contributed by atoms with Gasteiger partial charge in [0.15, 0.2) is 0 Å². The van der Waals surface area contributed by atoms with Crippen LogP contribution in [0.25, 0.3) is 0 Å². The average molecular weight is 528 g/mol. The molecule has 3 aliphatic rings. The molecule has 3 aliphatic heterocycles. The number of carbonyl (C=O) groups is 4. The zero-order valence-electron chi connectivity index (χ0n) is 19.7. The Morgan fingerprint density at radius 2 is 1.70 bits per heavy atom. The summed E-state index contributed by atoms with van der Waals surface area (Å²) in [6.45, 7) is 0.929. The zero-order valence-corrected chi connectivity index (χ0v) is 20.5. The number of nitrogens with zero attached hydrogens (tertiary/aromatic N) is 3. The van der Waals surface area contributed by atoms with Gasteiger partial charge in [-0.05, 0) is 36.8 Å². The van der Waals surface area contributed by atoms with Crippen LogP contribution in [0.3, 0.4) is 0 Å². The van der Waals surface area contributed by atoms with Crippen LogP contribution in [0.1, 0.15) is 33.2 Å². The smallest absolute Gasteiger partial charge is 0.330 e. The first kappa shape index (κ1) is 24.6. The van der Waals surface area contributed by atoms with Gasteiger partial charge in [0.05, 0.1) is 23.0 Å². The summed E-state index contributed by atoms with van der Waals surface area (Å²) in [6.07, 6.45) is 0. The van der Waals surface area contributed by atoms with E-state index in [1.807, 2.05) is 0 Å². The van der Waals surface area contributed by atoms with E-state index in [0.717, 1.165) is 16.7 Å². The van der Waals surface area contributed by atoms with Gasteiger partial charge in [0.2, 0.25) is 0 Å². The highest BCUT2D eigenvalue weighted by molar-refractivity contribution is 8.01. The average Bonchev–Trinajstić information content (AvgIpc) is 3.31. The predicted octanol–water partition coefficient (Wildman–Crippen LogP) is 1.65. The van der Waals surface area contributed by atoms with Gasteiger partial charge < -0.3 is 19.2 Å². The molecule has 3 amide bonds. The van der Waals surface area contributed by atoms with E-state index in [1.54, 1.807) is 43.3 Å². The maximum atomic E-state index is 13.3. The summed E-state index contributed by atoms with van der Waals surface area (Å²) >= 11 is 1.06. The SMILES string of the molecule is COc1ccc(COC(=O)C2N3C(=O)C(N4C(=O)c5ccccc5C4=O)[C@H]3S[C@@]2(C)CO[N+](=O)[O-])cc1. The molecular weight excluding hydrogens is 506 g/mol. The van der Waals surface area contributed by atoms with Gasteiger partial charge >= 0.3 is 5.97 Å². The summed E-state index contributed by atoms with van der Waals surface area (Å²) in [5, 5.41) is 9.16. The van der Waals surface area contributed by atoms with Crippen LogP contribution in [0.5, 0.6) is 5.75 Å². The highest BCUT2D eigenvalue weighted by atomic mass is 32.2. The topological polar surface area (TPSA) is 146 Å². The van der Waals surface area contributed by atoms with Gasteiger partial charge in [-0.15, -0.1) is 21.9 Å². The fraction of sp³-hybridized carbons (Fsp3) is 0.333. The van der Waals surface area contributed by atoms with Crippen LogP contribution in [0.4, 0.5) is 0 Å². The first-order valence-electron chi connectivity index (χ1n) is 11.2. The lowest BCUT2D eigenvalue weighted by Gasteiger charge is -2.46. The molecule has 3 heterocycles. The minimum absolute atomic E-state index is 0.106. The van der Waals surface area contributed by atoms with E-state index in [1.165, 1.54) is 24.1 Å². The number of imide groups is 1. The summed E-state index contributed by atoms with van der Waals surface area (Å²) in [6, 6.07) is 10.7. The highest BCUT2D eigenvalue weighted by Gasteiger charge is 2.69. The molecule has 0 bridgehead atoms. The third kappa shape index (κ3) is 3.95. The number of amides is 3. The van der Waals surface area contributed by atoms with Crippen molar-refractivity contribution in [2.75, 3.05) is 13.7 Å². The van der Waals surface area contributed by atoms with E-state index in [-0.39, 0.29) is 17.7 Å². The Kier molecular flexibility index (Phi) is 6.02. The molecule has 5 rings (SSSR count). The van der Waals surface area contributed by atoms with Gasteiger partial charge in [-0.3, -0.25) is 19.3 Å². The molecule has 0 N–H and O–H groups in total. The van der Waals surface area contributed by atoms with Gasteiger partial charge in [-0.25, -0.2) is 4.79 Å². The van der Waals surface area contributed by atoms with E-state index in [2.05, 4.69) is 4.84 Å². The second kappa shape index (κ2) is 9.07. The quantitative estimate of drug-likeness (QED) is 0.163. The van der Waals surface area contributed by atoms with Crippen molar-refractivity contribution in [2.45, 2.75) is 35.7 Å². The molecule has 0 saturated carbocycles. The second-order valence-corrected chi connectivity index (χ2v) is 10.5. The van der Waals surface area contributed by atoms with Crippen molar-refractivity contribution in [1.29, 1.82) is 0 Å². The lowest BCUT2D eigenvalue weighted by atomic mass is 9.94. The maximum absolute atomic E-state index is 13.3. The third-order valence-corrected chi connectivity index (χ3v) is 8.23. The summed E-state index contributed by atoms with van der Waals surface area (Å²) in [5.41, 5.74) is 1.05. The summed E-state index contributed by atoms with van der Waals surface area (Å²) in [7, 11) is 1.52. The Morgan fingerprint density at radius 3 is 2.27 bits per heavy atom. The molecule has 192 valence electrons. The molecule has 4 atom stereocenters. The highest BCUT2D eigenvalue weighted by Crippen LogP contribution is 2.53. The Morgan fingerprint density at radius 1 is 1.08 bits per heavy atom. The van der Waals surface area contributed by atoms with Crippen molar-refractivity contribution in [2.24, 2.45) is 0 Å². The summed E-state index contributed by atoms with van der Waals surface area (Å²) < 4.78 is 9.31. The normalized spacial score (nSPS) is 25.9. The Hall–Kier alpha value is -4.13. The molecule has 13 heteroatoms. The van der Waals surface area contributed by atoms with Crippen molar-refractivity contribution >= 4 is 35.5 Å². The first-order valence-corrected chi connectivity index (χ1v) is 12.1. The van der Waals surface area contributed by atoms with E-state index < -0.39 is 57.6 Å². The van der Waals surface area contributed by atoms with Gasteiger partial charge in [0, 0.05) is 0 Å². The largest absolute Gasteiger partial charge is 0.497 e. The van der Waals surface area contributed by atoms with Gasteiger partial charge in [0.25, 0.3) is 22.8 Å². The van der Waals surface area contributed by atoms with Crippen LogP contribution in [0.2, 0.25) is 0 Å². The number of rotatable bonds is 8. The van der Waals surface area contributed by atoms with E-state index in [0.29, 0.717) is 11.3 Å². The number of carbonyl (C=O) groups excluding carboxylic acids is 4. The van der Waals surface area contributed by atoms with Gasteiger partial charge in [0.1, 0.15) is 36.4 Å². The number of esters is 1. The van der Waals surface area contributed by atoms with Crippen molar-refractivity contribution in [3.63, 3.8) is 0 Å². The maximum Gasteiger partial charge on any atom is 0.330 e. The molecule has 0 aromatic heterocycles. The van der Waals surface area contributed by atoms with Crippen molar-refractivity contribution in [1.82, 2.24) is 9.80 Å². The van der Waals surface area contributed by atoms with Crippen molar-refractivity contribution in [3.8, 4) is 5.75 Å². The van der Waals surface area contributed by atoms with Gasteiger partial charge in [-0.2, -0.15) is 0 Å². The molecule has 37 heavy (non-hydrogen) atoms. The molecule has 2 aromatic carbocycles. The van der Waals surface area contributed by atoms with Crippen molar-refractivity contribution < 1.29 is 38.6 Å². The summed E-state index contributed by atoms with van der Waals surface area (Å²) in [4.78, 5) is 70.2. The Balaban J connectivity index is 1.38. The molecular formula is C24H21N3O9S. The van der Waals surface area contributed by atoms with E-state index in [9.17, 15) is 29.3 Å². The minimum Gasteiger partial charge on any atom is -0.497 e. The molecule has 2 aromatic rings. The third-order valence-electron chi connectivity index (χ3n) is 6.62. The van der Waals surface area contributed by atoms with Crippen LogP contribution < -0.4 is 4.74 Å². The predicted molar refractivity (Wildman–Crippen MR) is 127 cm³/mol. The number of methoxy groups -OCH3 is 1. The monoisotopic (exact) mass is 527 g/mol. The van der Waals surface area contributed by atoms with Crippen LogP contribution in [0, 0.1) is 10.1 Å². The number of ether oxygens (including phenoxy) is 2. The van der Waals surface area contributed by atoms with Crippen LogP contribution in [-0.2, 0) is 25.8 Å². The van der Waals surface area contributed by atoms with E-state index in [4.69, 9.17) is 9.47 Å². The first-order chi connectivity index (χ1) is 17.7. The molecule has 2 fully saturated rings. The number of hydrogen-bond donors (Lipinski definition) is 0. The summed E-state index contributed by atoms with van der Waals surface area (Å²) in [5.74, 6) is -1.99. The lowest BCUT2D eigenvalue weighted by molar-refractivity contribution is -0.758. The fourth-order valence-electron chi connectivity index (χ4n) is 4.81. The van der Waals surface area contributed by atoms with Crippen molar-refractivity contribution in [3.05, 3.63) is 75.3 Å². The molecule has 0 aliphatic carbocycles. The van der Waals surface area contributed by atoms with Gasteiger partial charge in [-0.1, -0.05) is 24.3 Å². The van der Waals surface area contributed by atoms with E-state index >= 15 is 0 Å². The standard InChI is InChI=1S/C24H21N3O9S/c1-24(12-36-27(32)33)18(23(31)35-11-13-7-9-14(34-2)10-8-13)26-21(30)17(22(26)37-24)25-19(28)15-5-3-4-6-16(15)20(25)29/h3-10,17-18,22H,11-12H2,1-2H3/t17?,18?,22-,24+/m1/s1. The molecule has 0 spiro atoms. The number of β-lactam (4-membered cyclic amide) rings is 1. The Bertz CT molecular complexity index is 1280. The number of thioether (sulfide) groups is 1. The second-order valence-electron chi connectivity index (χ2n) is 8.89. The Labute approximate surface area is 214 Å².